The van der Waals surface area contributed by atoms with E-state index in [9.17, 15) is 0 Å². The summed E-state index contributed by atoms with van der Waals surface area (Å²) in [4.78, 5) is 1.15. The van der Waals surface area contributed by atoms with Crippen LogP contribution in [0, 0.1) is 6.92 Å². The maximum Gasteiger partial charge on any atom is 0.0714 e. The minimum absolute atomic E-state index is 0.126. The summed E-state index contributed by atoms with van der Waals surface area (Å²) in [7, 11) is 1.94. The second kappa shape index (κ2) is 5.21. The van der Waals surface area contributed by atoms with E-state index in [-0.39, 0.29) is 6.04 Å². The number of nitrogens with zero attached hydrogens (tertiary/aromatic N) is 2. The molecule has 0 saturated heterocycles. The molecule has 0 saturated carbocycles. The molecule has 0 aromatic carbocycles. The Balaban J connectivity index is 2.36. The molecule has 0 aliphatic carbocycles. The molecule has 0 bridgehead atoms. The van der Waals surface area contributed by atoms with Crippen LogP contribution in [0.5, 0.6) is 0 Å². The van der Waals surface area contributed by atoms with Gasteiger partial charge in [0.05, 0.1) is 17.3 Å². The van der Waals surface area contributed by atoms with Gasteiger partial charge in [-0.1, -0.05) is 11.6 Å². The predicted octanol–water partition coefficient (Wildman–Crippen LogP) is 3.24. The fourth-order valence-corrected chi connectivity index (χ4v) is 3.23. The Bertz CT molecular complexity index is 504. The van der Waals surface area contributed by atoms with Crippen molar-refractivity contribution in [2.75, 3.05) is 7.05 Å². The summed E-state index contributed by atoms with van der Waals surface area (Å²) >= 11 is 8.01. The zero-order chi connectivity index (χ0) is 12.4. The van der Waals surface area contributed by atoms with Crippen LogP contribution in [0.2, 0.25) is 5.02 Å². The van der Waals surface area contributed by atoms with Gasteiger partial charge in [0.25, 0.3) is 0 Å². The molecule has 3 nitrogen and oxygen atoms in total. The largest absolute Gasteiger partial charge is 0.309 e. The van der Waals surface area contributed by atoms with Crippen molar-refractivity contribution >= 4 is 22.9 Å². The van der Waals surface area contributed by atoms with E-state index in [0.717, 1.165) is 27.6 Å². The normalized spacial score (nSPS) is 12.9. The standard InChI is InChI=1S/C12H16ClN3S/c1-4-16-6-9(5-15-16)11(14-3)12-10(13)8(2)7-17-12/h5-7,11,14H,4H2,1-3H3. The Morgan fingerprint density at radius 2 is 2.35 bits per heavy atom. The molecule has 2 aromatic rings. The maximum absolute atomic E-state index is 6.32. The third-order valence-electron chi connectivity index (χ3n) is 2.79. The monoisotopic (exact) mass is 269 g/mol. The molecule has 1 N–H and O–H groups in total. The molecular weight excluding hydrogens is 254 g/mol. The summed E-state index contributed by atoms with van der Waals surface area (Å²) < 4.78 is 1.92. The molecule has 0 aliphatic rings. The smallest absolute Gasteiger partial charge is 0.0714 e. The summed E-state index contributed by atoms with van der Waals surface area (Å²) in [5.41, 5.74) is 2.29. The fraction of sp³-hybridized carbons (Fsp3) is 0.417. The fourth-order valence-electron chi connectivity index (χ4n) is 1.80. The van der Waals surface area contributed by atoms with Crippen molar-refractivity contribution in [2.24, 2.45) is 0 Å². The first-order chi connectivity index (χ1) is 8.17. The Kier molecular flexibility index (Phi) is 3.86. The summed E-state index contributed by atoms with van der Waals surface area (Å²) in [5, 5.41) is 10.6. The van der Waals surface area contributed by atoms with Crippen LogP contribution < -0.4 is 5.32 Å². The van der Waals surface area contributed by atoms with Crippen LogP contribution in [0.4, 0.5) is 0 Å². The van der Waals surface area contributed by atoms with Crippen LogP contribution in [0.25, 0.3) is 0 Å². The van der Waals surface area contributed by atoms with E-state index in [0.29, 0.717) is 0 Å². The Hall–Kier alpha value is -0.840. The number of hydrogen-bond acceptors (Lipinski definition) is 3. The molecule has 2 rings (SSSR count). The van der Waals surface area contributed by atoms with Crippen LogP contribution in [0.3, 0.4) is 0 Å². The highest BCUT2D eigenvalue weighted by atomic mass is 35.5. The molecule has 2 heterocycles. The first kappa shape index (κ1) is 12.6. The minimum atomic E-state index is 0.126. The highest BCUT2D eigenvalue weighted by molar-refractivity contribution is 7.10. The van der Waals surface area contributed by atoms with Crippen LogP contribution in [-0.2, 0) is 6.54 Å². The summed E-state index contributed by atoms with van der Waals surface area (Å²) in [6.45, 7) is 4.99. The van der Waals surface area contributed by atoms with Crippen LogP contribution in [0.15, 0.2) is 17.8 Å². The lowest BCUT2D eigenvalue weighted by Crippen LogP contribution is -2.16. The second-order valence-corrected chi connectivity index (χ2v) is 5.24. The molecular formula is C12H16ClN3S. The third-order valence-corrected chi connectivity index (χ3v) is 4.57. The van der Waals surface area contributed by atoms with Gasteiger partial charge in [0.2, 0.25) is 0 Å². The quantitative estimate of drug-likeness (QED) is 0.924. The van der Waals surface area contributed by atoms with Gasteiger partial charge < -0.3 is 5.32 Å². The molecule has 92 valence electrons. The second-order valence-electron chi connectivity index (χ2n) is 3.95. The topological polar surface area (TPSA) is 29.9 Å². The number of aromatic nitrogens is 2. The van der Waals surface area contributed by atoms with Gasteiger partial charge in [0, 0.05) is 23.2 Å². The summed E-state index contributed by atoms with van der Waals surface area (Å²) in [5.74, 6) is 0. The number of halogens is 1. The zero-order valence-corrected chi connectivity index (χ0v) is 11.8. The first-order valence-electron chi connectivity index (χ1n) is 5.60. The lowest BCUT2D eigenvalue weighted by molar-refractivity contribution is 0.655. The third kappa shape index (κ3) is 2.39. The molecule has 1 atom stereocenters. The van der Waals surface area contributed by atoms with Gasteiger partial charge in [0.1, 0.15) is 0 Å². The highest BCUT2D eigenvalue weighted by Crippen LogP contribution is 2.35. The lowest BCUT2D eigenvalue weighted by atomic mass is 10.1. The van der Waals surface area contributed by atoms with Crippen LogP contribution >= 0.6 is 22.9 Å². The summed E-state index contributed by atoms with van der Waals surface area (Å²) in [6, 6.07) is 0.126. The van der Waals surface area contributed by atoms with Crippen molar-refractivity contribution in [2.45, 2.75) is 26.4 Å². The van der Waals surface area contributed by atoms with Crippen molar-refractivity contribution in [1.29, 1.82) is 0 Å². The average molecular weight is 270 g/mol. The SMILES string of the molecule is CCn1cc(C(NC)c2scc(C)c2Cl)cn1. The molecule has 5 heteroatoms. The van der Waals surface area contributed by atoms with Crippen molar-refractivity contribution in [3.05, 3.63) is 38.8 Å². The molecule has 0 aliphatic heterocycles. The first-order valence-corrected chi connectivity index (χ1v) is 6.86. The van der Waals surface area contributed by atoms with Gasteiger partial charge in [-0.15, -0.1) is 11.3 Å². The Morgan fingerprint density at radius 1 is 1.59 bits per heavy atom. The zero-order valence-electron chi connectivity index (χ0n) is 10.2. The Labute approximate surface area is 110 Å². The van der Waals surface area contributed by atoms with Crippen molar-refractivity contribution in [1.82, 2.24) is 15.1 Å². The predicted molar refractivity (Wildman–Crippen MR) is 72.9 cm³/mol. The molecule has 0 radical (unpaired) electrons. The number of thiophene rings is 1. The van der Waals surface area contributed by atoms with Gasteiger partial charge in [-0.25, -0.2) is 0 Å². The molecule has 1 unspecified atom stereocenters. The van der Waals surface area contributed by atoms with E-state index in [2.05, 4.69) is 28.9 Å². The van der Waals surface area contributed by atoms with Crippen LogP contribution in [0.1, 0.15) is 29.0 Å². The van der Waals surface area contributed by atoms with E-state index in [4.69, 9.17) is 11.6 Å². The van der Waals surface area contributed by atoms with Crippen LogP contribution in [-0.4, -0.2) is 16.8 Å². The van der Waals surface area contributed by atoms with E-state index >= 15 is 0 Å². The minimum Gasteiger partial charge on any atom is -0.309 e. The lowest BCUT2D eigenvalue weighted by Gasteiger charge is -2.13. The molecule has 0 fully saturated rings. The van der Waals surface area contributed by atoms with Gasteiger partial charge in [0.15, 0.2) is 0 Å². The summed E-state index contributed by atoms with van der Waals surface area (Å²) in [6.07, 6.45) is 3.96. The number of nitrogens with one attached hydrogen (secondary N) is 1. The highest BCUT2D eigenvalue weighted by Gasteiger charge is 2.19. The molecule has 2 aromatic heterocycles. The van der Waals surface area contributed by atoms with Gasteiger partial charge in [-0.3, -0.25) is 4.68 Å². The molecule has 17 heavy (non-hydrogen) atoms. The van der Waals surface area contributed by atoms with E-state index in [1.165, 1.54) is 0 Å². The number of aryl methyl sites for hydroxylation is 2. The van der Waals surface area contributed by atoms with E-state index < -0.39 is 0 Å². The Morgan fingerprint density at radius 3 is 2.82 bits per heavy atom. The number of hydrogen-bond donors (Lipinski definition) is 1. The molecule has 0 spiro atoms. The van der Waals surface area contributed by atoms with E-state index in [1.807, 2.05) is 24.9 Å². The number of rotatable bonds is 4. The maximum atomic E-state index is 6.32. The van der Waals surface area contributed by atoms with Gasteiger partial charge >= 0.3 is 0 Å². The van der Waals surface area contributed by atoms with E-state index in [1.54, 1.807) is 11.3 Å². The van der Waals surface area contributed by atoms with Crippen molar-refractivity contribution in [3.63, 3.8) is 0 Å². The van der Waals surface area contributed by atoms with Gasteiger partial charge in [-0.05, 0) is 31.8 Å². The average Bonchev–Trinajstić information content (AvgIpc) is 2.92. The van der Waals surface area contributed by atoms with Crippen molar-refractivity contribution in [3.8, 4) is 0 Å². The van der Waals surface area contributed by atoms with Gasteiger partial charge in [-0.2, -0.15) is 5.10 Å². The molecule has 0 amide bonds. The van der Waals surface area contributed by atoms with Crippen molar-refractivity contribution < 1.29 is 0 Å².